The summed E-state index contributed by atoms with van der Waals surface area (Å²) in [5, 5.41) is 18.6. The normalized spacial score (nSPS) is 19.3. The molecule has 3 nitrogen and oxygen atoms in total. The fourth-order valence-electron chi connectivity index (χ4n) is 1.97. The number of hydrogen-bond acceptors (Lipinski definition) is 3. The lowest BCUT2D eigenvalue weighted by molar-refractivity contribution is 0.421. The molecule has 0 saturated carbocycles. The molecule has 1 unspecified atom stereocenters. The van der Waals surface area contributed by atoms with Crippen molar-refractivity contribution in [2.45, 2.75) is 19.3 Å². The van der Waals surface area contributed by atoms with Crippen LogP contribution < -0.4 is 5.73 Å². The van der Waals surface area contributed by atoms with Crippen LogP contribution in [0, 0.1) is 0 Å². The SMILES string of the molecule is CC(C=C1C=CC(O)=C(N)C1)c1ccc(O)cc1. The standard InChI is InChI=1S/C15H17NO2/c1-10(12-3-5-13(17)6-4-12)8-11-2-7-15(18)14(16)9-11/h2-8,10,17-18H,9,16H2,1H3. The van der Waals surface area contributed by atoms with Crippen LogP contribution in [0.2, 0.25) is 0 Å². The minimum absolute atomic E-state index is 0.157. The highest BCUT2D eigenvalue weighted by Gasteiger charge is 2.09. The molecule has 0 radical (unpaired) electrons. The van der Waals surface area contributed by atoms with E-state index in [1.807, 2.05) is 18.2 Å². The third kappa shape index (κ3) is 2.74. The zero-order valence-electron chi connectivity index (χ0n) is 10.3. The van der Waals surface area contributed by atoms with Crippen molar-refractivity contribution < 1.29 is 10.2 Å². The molecule has 1 aliphatic rings. The van der Waals surface area contributed by atoms with Gasteiger partial charge in [0.25, 0.3) is 0 Å². The molecule has 1 atom stereocenters. The van der Waals surface area contributed by atoms with E-state index in [1.165, 1.54) is 0 Å². The van der Waals surface area contributed by atoms with Crippen LogP contribution in [0.5, 0.6) is 5.75 Å². The van der Waals surface area contributed by atoms with Gasteiger partial charge < -0.3 is 15.9 Å². The first-order chi connectivity index (χ1) is 8.56. The van der Waals surface area contributed by atoms with Crippen molar-refractivity contribution in [3.05, 3.63) is 65.1 Å². The number of hydrogen-bond donors (Lipinski definition) is 3. The van der Waals surface area contributed by atoms with Gasteiger partial charge in [-0.1, -0.05) is 31.2 Å². The van der Waals surface area contributed by atoms with Crippen LogP contribution in [0.1, 0.15) is 24.8 Å². The molecule has 1 aromatic rings. The van der Waals surface area contributed by atoms with E-state index in [0.717, 1.165) is 11.1 Å². The number of rotatable bonds is 2. The predicted octanol–water partition coefficient (Wildman–Crippen LogP) is 3.11. The summed E-state index contributed by atoms with van der Waals surface area (Å²) >= 11 is 0. The maximum absolute atomic E-state index is 9.39. The molecule has 2 rings (SSSR count). The van der Waals surface area contributed by atoms with Gasteiger partial charge in [-0.25, -0.2) is 0 Å². The lowest BCUT2D eigenvalue weighted by Gasteiger charge is -2.13. The second-order valence-corrected chi connectivity index (χ2v) is 4.54. The van der Waals surface area contributed by atoms with Crippen molar-refractivity contribution in [1.82, 2.24) is 0 Å². The highest BCUT2D eigenvalue weighted by atomic mass is 16.3. The van der Waals surface area contributed by atoms with E-state index in [2.05, 4.69) is 13.0 Å². The lowest BCUT2D eigenvalue weighted by Crippen LogP contribution is -2.06. The van der Waals surface area contributed by atoms with E-state index in [9.17, 15) is 10.2 Å². The zero-order chi connectivity index (χ0) is 13.1. The Bertz CT molecular complexity index is 524. The number of aliphatic hydroxyl groups is 1. The summed E-state index contributed by atoms with van der Waals surface area (Å²) < 4.78 is 0. The smallest absolute Gasteiger partial charge is 0.134 e. The molecule has 4 N–H and O–H groups in total. The summed E-state index contributed by atoms with van der Waals surface area (Å²) in [4.78, 5) is 0. The van der Waals surface area contributed by atoms with Crippen LogP contribution in [0.4, 0.5) is 0 Å². The predicted molar refractivity (Wildman–Crippen MR) is 72.2 cm³/mol. The molecular weight excluding hydrogens is 226 g/mol. The van der Waals surface area contributed by atoms with E-state index in [4.69, 9.17) is 5.73 Å². The topological polar surface area (TPSA) is 66.5 Å². The van der Waals surface area contributed by atoms with Crippen LogP contribution >= 0.6 is 0 Å². The Morgan fingerprint density at radius 3 is 2.44 bits per heavy atom. The molecular formula is C15H17NO2. The maximum Gasteiger partial charge on any atom is 0.134 e. The molecule has 1 aromatic carbocycles. The number of aromatic hydroxyl groups is 1. The summed E-state index contributed by atoms with van der Waals surface area (Å²) in [5.41, 5.74) is 8.43. The van der Waals surface area contributed by atoms with Crippen LogP contribution in [-0.2, 0) is 0 Å². The van der Waals surface area contributed by atoms with Gasteiger partial charge in [0.15, 0.2) is 0 Å². The number of phenolic OH excluding ortho intramolecular Hbond substituents is 1. The van der Waals surface area contributed by atoms with Crippen LogP contribution in [0.15, 0.2) is 59.5 Å². The zero-order valence-corrected chi connectivity index (χ0v) is 10.3. The van der Waals surface area contributed by atoms with Crippen molar-refractivity contribution in [3.63, 3.8) is 0 Å². The van der Waals surface area contributed by atoms with Gasteiger partial charge in [0.1, 0.15) is 11.5 Å². The van der Waals surface area contributed by atoms with E-state index in [-0.39, 0.29) is 17.4 Å². The second kappa shape index (κ2) is 5.00. The third-order valence-corrected chi connectivity index (χ3v) is 3.06. The lowest BCUT2D eigenvalue weighted by atomic mass is 9.95. The van der Waals surface area contributed by atoms with Crippen molar-refractivity contribution in [2.24, 2.45) is 5.73 Å². The van der Waals surface area contributed by atoms with Gasteiger partial charge >= 0.3 is 0 Å². The number of aliphatic hydroxyl groups excluding tert-OH is 1. The molecule has 0 bridgehead atoms. The molecule has 0 aromatic heterocycles. The van der Waals surface area contributed by atoms with E-state index >= 15 is 0 Å². The Kier molecular flexibility index (Phi) is 3.42. The van der Waals surface area contributed by atoms with Crippen LogP contribution in [0.25, 0.3) is 0 Å². The molecule has 1 aliphatic carbocycles. The Labute approximate surface area is 107 Å². The highest BCUT2D eigenvalue weighted by Crippen LogP contribution is 2.25. The van der Waals surface area contributed by atoms with Crippen molar-refractivity contribution in [1.29, 1.82) is 0 Å². The molecule has 94 valence electrons. The van der Waals surface area contributed by atoms with Crippen molar-refractivity contribution in [3.8, 4) is 5.75 Å². The van der Waals surface area contributed by atoms with Gasteiger partial charge in [0.05, 0.1) is 5.70 Å². The minimum Gasteiger partial charge on any atom is -0.508 e. The van der Waals surface area contributed by atoms with Gasteiger partial charge in [-0.2, -0.15) is 0 Å². The monoisotopic (exact) mass is 243 g/mol. The summed E-state index contributed by atoms with van der Waals surface area (Å²) in [6.07, 6.45) is 6.18. The fraction of sp³-hybridized carbons (Fsp3) is 0.200. The first kappa shape index (κ1) is 12.3. The molecule has 0 heterocycles. The van der Waals surface area contributed by atoms with Gasteiger partial charge in [0, 0.05) is 6.42 Å². The van der Waals surface area contributed by atoms with Gasteiger partial charge in [-0.15, -0.1) is 0 Å². The summed E-state index contributed by atoms with van der Waals surface area (Å²) in [7, 11) is 0. The quantitative estimate of drug-likeness (QED) is 0.747. The molecule has 18 heavy (non-hydrogen) atoms. The Balaban J connectivity index is 2.15. The molecule has 0 fully saturated rings. The molecule has 0 amide bonds. The molecule has 0 saturated heterocycles. The van der Waals surface area contributed by atoms with E-state index in [1.54, 1.807) is 18.2 Å². The maximum atomic E-state index is 9.39. The fourth-order valence-corrected chi connectivity index (χ4v) is 1.97. The van der Waals surface area contributed by atoms with Gasteiger partial charge in [0.2, 0.25) is 0 Å². The second-order valence-electron chi connectivity index (χ2n) is 4.54. The molecule has 0 spiro atoms. The Hall–Kier alpha value is -2.16. The van der Waals surface area contributed by atoms with E-state index < -0.39 is 0 Å². The number of nitrogens with two attached hydrogens (primary N) is 1. The first-order valence-electron chi connectivity index (χ1n) is 5.91. The number of phenols is 1. The summed E-state index contributed by atoms with van der Waals surface area (Å²) in [6, 6.07) is 7.17. The largest absolute Gasteiger partial charge is 0.508 e. The van der Waals surface area contributed by atoms with Gasteiger partial charge in [-0.05, 0) is 35.3 Å². The van der Waals surface area contributed by atoms with Gasteiger partial charge in [-0.3, -0.25) is 0 Å². The third-order valence-electron chi connectivity index (χ3n) is 3.06. The highest BCUT2D eigenvalue weighted by molar-refractivity contribution is 5.39. The van der Waals surface area contributed by atoms with Crippen LogP contribution in [-0.4, -0.2) is 10.2 Å². The average Bonchev–Trinajstić information content (AvgIpc) is 2.34. The summed E-state index contributed by atoms with van der Waals surface area (Å²) in [5.74, 6) is 0.663. The van der Waals surface area contributed by atoms with E-state index in [0.29, 0.717) is 12.1 Å². The first-order valence-corrected chi connectivity index (χ1v) is 5.91. The molecule has 0 aliphatic heterocycles. The summed E-state index contributed by atoms with van der Waals surface area (Å²) in [6.45, 7) is 2.08. The molecule has 3 heteroatoms. The minimum atomic E-state index is 0.157. The van der Waals surface area contributed by atoms with Crippen LogP contribution in [0.3, 0.4) is 0 Å². The number of benzene rings is 1. The average molecular weight is 243 g/mol. The van der Waals surface area contributed by atoms with Crippen molar-refractivity contribution in [2.75, 3.05) is 0 Å². The number of allylic oxidation sites excluding steroid dienone is 4. The Morgan fingerprint density at radius 2 is 1.83 bits per heavy atom. The van der Waals surface area contributed by atoms with Crippen molar-refractivity contribution >= 4 is 0 Å². The Morgan fingerprint density at radius 1 is 1.17 bits per heavy atom.